The third kappa shape index (κ3) is 3.58. The Morgan fingerprint density at radius 2 is 2.10 bits per heavy atom. The van der Waals surface area contributed by atoms with Crippen molar-refractivity contribution in [3.63, 3.8) is 0 Å². The molecule has 0 radical (unpaired) electrons. The minimum Gasteiger partial charge on any atom is -0.368 e. The van der Waals surface area contributed by atoms with Crippen LogP contribution in [0.1, 0.15) is 43.0 Å². The van der Waals surface area contributed by atoms with E-state index < -0.39 is 0 Å². The maximum absolute atomic E-state index is 11.8. The Labute approximate surface area is 135 Å². The number of carbonyl (C=O) groups excluding carboxylic acids is 1. The number of anilines is 1. The van der Waals surface area contributed by atoms with Crippen molar-refractivity contribution in [3.05, 3.63) is 28.2 Å². The van der Waals surface area contributed by atoms with Gasteiger partial charge in [-0.25, -0.2) is 0 Å². The van der Waals surface area contributed by atoms with Gasteiger partial charge in [0.2, 0.25) is 0 Å². The molecule has 0 heterocycles. The van der Waals surface area contributed by atoms with Crippen LogP contribution < -0.4 is 16.4 Å². The highest BCUT2D eigenvalue weighted by molar-refractivity contribution is 9.10. The van der Waals surface area contributed by atoms with Crippen molar-refractivity contribution in [2.75, 3.05) is 18.0 Å². The summed E-state index contributed by atoms with van der Waals surface area (Å²) in [6.45, 7) is 3.67. The SMILES string of the molecule is CCN(c1ccc(Br)cc1C(N)=O)C1CCCCC1CN. The van der Waals surface area contributed by atoms with Crippen LogP contribution in [0.4, 0.5) is 5.69 Å². The van der Waals surface area contributed by atoms with Gasteiger partial charge in [-0.15, -0.1) is 0 Å². The molecule has 1 aromatic rings. The van der Waals surface area contributed by atoms with Gasteiger partial charge in [0.1, 0.15) is 0 Å². The maximum atomic E-state index is 11.8. The van der Waals surface area contributed by atoms with Crippen molar-refractivity contribution in [2.45, 2.75) is 38.6 Å². The Bertz CT molecular complexity index is 506. The molecular formula is C16H24BrN3O. The van der Waals surface area contributed by atoms with Gasteiger partial charge in [0.15, 0.2) is 0 Å². The number of nitrogens with two attached hydrogens (primary N) is 2. The Morgan fingerprint density at radius 3 is 2.71 bits per heavy atom. The second-order valence-electron chi connectivity index (χ2n) is 5.66. The average Bonchev–Trinajstić information content (AvgIpc) is 2.49. The van der Waals surface area contributed by atoms with E-state index >= 15 is 0 Å². The van der Waals surface area contributed by atoms with Gasteiger partial charge >= 0.3 is 0 Å². The van der Waals surface area contributed by atoms with E-state index in [1.807, 2.05) is 12.1 Å². The number of halogens is 1. The maximum Gasteiger partial charge on any atom is 0.250 e. The molecular weight excluding hydrogens is 330 g/mol. The van der Waals surface area contributed by atoms with E-state index in [2.05, 4.69) is 27.8 Å². The largest absolute Gasteiger partial charge is 0.368 e. The van der Waals surface area contributed by atoms with Gasteiger partial charge in [0, 0.05) is 22.7 Å². The molecule has 21 heavy (non-hydrogen) atoms. The van der Waals surface area contributed by atoms with Crippen molar-refractivity contribution in [1.29, 1.82) is 0 Å². The second-order valence-corrected chi connectivity index (χ2v) is 6.57. The lowest BCUT2D eigenvalue weighted by Gasteiger charge is -2.41. The Hall–Kier alpha value is -1.07. The molecule has 2 rings (SSSR count). The molecule has 1 aromatic carbocycles. The van der Waals surface area contributed by atoms with Crippen LogP contribution >= 0.6 is 15.9 Å². The summed E-state index contributed by atoms with van der Waals surface area (Å²) in [7, 11) is 0. The lowest BCUT2D eigenvalue weighted by Crippen LogP contribution is -2.46. The quantitative estimate of drug-likeness (QED) is 0.854. The van der Waals surface area contributed by atoms with Crippen LogP contribution in [-0.2, 0) is 0 Å². The van der Waals surface area contributed by atoms with Crippen LogP contribution in [0, 0.1) is 5.92 Å². The van der Waals surface area contributed by atoms with Crippen LogP contribution in [0.3, 0.4) is 0 Å². The van der Waals surface area contributed by atoms with Gasteiger partial charge in [-0.05, 0) is 50.4 Å². The van der Waals surface area contributed by atoms with E-state index in [-0.39, 0.29) is 5.91 Å². The van der Waals surface area contributed by atoms with Gasteiger partial charge in [-0.1, -0.05) is 28.8 Å². The molecule has 1 fully saturated rings. The monoisotopic (exact) mass is 353 g/mol. The summed E-state index contributed by atoms with van der Waals surface area (Å²) in [6, 6.07) is 6.15. The van der Waals surface area contributed by atoms with Gasteiger partial charge < -0.3 is 16.4 Å². The van der Waals surface area contributed by atoms with E-state index in [4.69, 9.17) is 11.5 Å². The average molecular weight is 354 g/mol. The summed E-state index contributed by atoms with van der Waals surface area (Å²) >= 11 is 3.41. The topological polar surface area (TPSA) is 72.3 Å². The zero-order chi connectivity index (χ0) is 15.4. The van der Waals surface area contributed by atoms with E-state index in [1.165, 1.54) is 19.3 Å². The van der Waals surface area contributed by atoms with Crippen molar-refractivity contribution in [2.24, 2.45) is 17.4 Å². The Morgan fingerprint density at radius 1 is 1.38 bits per heavy atom. The summed E-state index contributed by atoms with van der Waals surface area (Å²) < 4.78 is 0.870. The minimum absolute atomic E-state index is 0.384. The summed E-state index contributed by atoms with van der Waals surface area (Å²) in [4.78, 5) is 14.1. The summed E-state index contributed by atoms with van der Waals surface area (Å²) in [5.41, 5.74) is 13.0. The van der Waals surface area contributed by atoms with Crippen LogP contribution in [0.15, 0.2) is 22.7 Å². The zero-order valence-corrected chi connectivity index (χ0v) is 14.1. The number of hydrogen-bond donors (Lipinski definition) is 2. The molecule has 2 unspecified atom stereocenters. The summed E-state index contributed by atoms with van der Waals surface area (Å²) in [5.74, 6) is 0.105. The molecule has 1 saturated carbocycles. The number of rotatable bonds is 5. The lowest BCUT2D eigenvalue weighted by atomic mass is 9.83. The zero-order valence-electron chi connectivity index (χ0n) is 12.5. The van der Waals surface area contributed by atoms with Crippen molar-refractivity contribution in [3.8, 4) is 0 Å². The molecule has 5 heteroatoms. The third-order valence-corrected chi connectivity index (χ3v) is 4.94. The van der Waals surface area contributed by atoms with Crippen LogP contribution in [0.5, 0.6) is 0 Å². The van der Waals surface area contributed by atoms with Gasteiger partial charge in [-0.3, -0.25) is 4.79 Å². The van der Waals surface area contributed by atoms with E-state index in [0.717, 1.165) is 23.1 Å². The summed E-state index contributed by atoms with van der Waals surface area (Å²) in [5, 5.41) is 0. The predicted octanol–water partition coefficient (Wildman–Crippen LogP) is 2.89. The van der Waals surface area contributed by atoms with Crippen molar-refractivity contribution in [1.82, 2.24) is 0 Å². The highest BCUT2D eigenvalue weighted by atomic mass is 79.9. The van der Waals surface area contributed by atoms with Gasteiger partial charge in [-0.2, -0.15) is 0 Å². The highest BCUT2D eigenvalue weighted by Gasteiger charge is 2.30. The normalized spacial score (nSPS) is 22.0. The molecule has 1 aliphatic rings. The first-order chi connectivity index (χ1) is 10.1. The number of hydrogen-bond acceptors (Lipinski definition) is 3. The molecule has 0 aromatic heterocycles. The van der Waals surface area contributed by atoms with Crippen LogP contribution in [0.2, 0.25) is 0 Å². The van der Waals surface area contributed by atoms with Crippen molar-refractivity contribution < 1.29 is 4.79 Å². The molecule has 1 aliphatic carbocycles. The van der Waals surface area contributed by atoms with Gasteiger partial charge in [0.05, 0.1) is 5.56 Å². The third-order valence-electron chi connectivity index (χ3n) is 4.45. The number of nitrogens with zero attached hydrogens (tertiary/aromatic N) is 1. The molecule has 2 atom stereocenters. The number of benzene rings is 1. The predicted molar refractivity (Wildman–Crippen MR) is 90.5 cm³/mol. The Kier molecular flexibility index (Phi) is 5.65. The minimum atomic E-state index is -0.384. The number of primary amides is 1. The molecule has 0 spiro atoms. The molecule has 4 N–H and O–H groups in total. The van der Waals surface area contributed by atoms with E-state index in [9.17, 15) is 4.79 Å². The fourth-order valence-corrected chi connectivity index (χ4v) is 3.77. The molecule has 116 valence electrons. The first-order valence-corrected chi connectivity index (χ1v) is 8.43. The van der Waals surface area contributed by atoms with E-state index in [0.29, 0.717) is 24.1 Å². The molecule has 0 saturated heterocycles. The molecule has 0 aliphatic heterocycles. The molecule has 0 bridgehead atoms. The van der Waals surface area contributed by atoms with Gasteiger partial charge in [0.25, 0.3) is 5.91 Å². The fourth-order valence-electron chi connectivity index (χ4n) is 3.41. The highest BCUT2D eigenvalue weighted by Crippen LogP contribution is 2.33. The second kappa shape index (κ2) is 7.27. The van der Waals surface area contributed by atoms with Crippen LogP contribution in [0.25, 0.3) is 0 Å². The number of amides is 1. The molecule has 4 nitrogen and oxygen atoms in total. The van der Waals surface area contributed by atoms with Crippen LogP contribution in [-0.4, -0.2) is 25.0 Å². The van der Waals surface area contributed by atoms with E-state index in [1.54, 1.807) is 6.07 Å². The lowest BCUT2D eigenvalue weighted by molar-refractivity contribution is 0.100. The first kappa shape index (κ1) is 16.3. The Balaban J connectivity index is 2.38. The first-order valence-electron chi connectivity index (χ1n) is 7.64. The number of carbonyl (C=O) groups is 1. The van der Waals surface area contributed by atoms with Crippen molar-refractivity contribution >= 4 is 27.5 Å². The summed E-state index contributed by atoms with van der Waals surface area (Å²) in [6.07, 6.45) is 4.77. The fraction of sp³-hybridized carbons (Fsp3) is 0.562. The standard InChI is InChI=1S/C16H24BrN3O/c1-2-20(14-6-4-3-5-11(14)10-18)15-8-7-12(17)9-13(15)16(19)21/h7-9,11,14H,2-6,10,18H2,1H3,(H2,19,21). The molecule has 1 amide bonds. The smallest absolute Gasteiger partial charge is 0.250 e.